The fourth-order valence-corrected chi connectivity index (χ4v) is 3.89. The van der Waals surface area contributed by atoms with Gasteiger partial charge in [-0.25, -0.2) is 4.39 Å². The third-order valence-corrected chi connectivity index (χ3v) is 6.08. The number of rotatable bonds is 4. The van der Waals surface area contributed by atoms with Crippen LogP contribution in [0.5, 0.6) is 0 Å². The third kappa shape index (κ3) is 4.44. The molecular formula is C15H18Br2ClF. The van der Waals surface area contributed by atoms with E-state index in [1.54, 1.807) is 6.07 Å². The molecule has 4 heteroatoms. The maximum absolute atomic E-state index is 13.9. The highest BCUT2D eigenvalue weighted by molar-refractivity contribution is 9.10. The van der Waals surface area contributed by atoms with E-state index < -0.39 is 0 Å². The van der Waals surface area contributed by atoms with E-state index in [1.165, 1.54) is 44.6 Å². The lowest BCUT2D eigenvalue weighted by Gasteiger charge is -2.22. The van der Waals surface area contributed by atoms with E-state index >= 15 is 0 Å². The van der Waals surface area contributed by atoms with E-state index in [0.29, 0.717) is 15.1 Å². The minimum Gasteiger partial charge on any atom is -0.207 e. The second kappa shape index (κ2) is 7.42. The topological polar surface area (TPSA) is 0 Å². The fraction of sp³-hybridized carbons (Fsp3) is 0.600. The highest BCUT2D eigenvalue weighted by Gasteiger charge is 2.18. The first-order valence-corrected chi connectivity index (χ1v) is 8.95. The van der Waals surface area contributed by atoms with Gasteiger partial charge < -0.3 is 0 Å². The van der Waals surface area contributed by atoms with Crippen LogP contribution in [0, 0.1) is 11.7 Å². The Bertz CT molecular complexity index is 430. The van der Waals surface area contributed by atoms with Crippen molar-refractivity contribution in [2.45, 2.75) is 49.8 Å². The van der Waals surface area contributed by atoms with E-state index in [9.17, 15) is 4.39 Å². The van der Waals surface area contributed by atoms with Crippen LogP contribution in [-0.4, -0.2) is 0 Å². The van der Waals surface area contributed by atoms with E-state index in [2.05, 4.69) is 31.9 Å². The summed E-state index contributed by atoms with van der Waals surface area (Å²) in [5, 5.41) is 0.568. The van der Waals surface area contributed by atoms with Crippen LogP contribution in [0.3, 0.4) is 0 Å². The van der Waals surface area contributed by atoms with Gasteiger partial charge in [-0.15, -0.1) is 0 Å². The highest BCUT2D eigenvalue weighted by atomic mass is 79.9. The van der Waals surface area contributed by atoms with Gasteiger partial charge in [-0.3, -0.25) is 0 Å². The van der Waals surface area contributed by atoms with Crippen molar-refractivity contribution in [3.8, 4) is 0 Å². The summed E-state index contributed by atoms with van der Waals surface area (Å²) in [5.74, 6) is 0.629. The Morgan fingerprint density at radius 2 is 1.95 bits per heavy atom. The molecule has 0 radical (unpaired) electrons. The van der Waals surface area contributed by atoms with Crippen molar-refractivity contribution in [1.82, 2.24) is 0 Å². The second-order valence-electron chi connectivity index (χ2n) is 5.34. The summed E-state index contributed by atoms with van der Waals surface area (Å²) >= 11 is 12.9. The summed E-state index contributed by atoms with van der Waals surface area (Å²) in [4.78, 5) is 0.0556. The third-order valence-electron chi connectivity index (χ3n) is 3.93. The van der Waals surface area contributed by atoms with Gasteiger partial charge in [-0.2, -0.15) is 0 Å². The molecule has 1 fully saturated rings. The minimum atomic E-state index is -0.193. The number of hydrogen-bond donors (Lipinski definition) is 0. The smallest absolute Gasteiger partial charge is 0.128 e. The molecule has 1 unspecified atom stereocenters. The first kappa shape index (κ1) is 15.8. The van der Waals surface area contributed by atoms with Crippen molar-refractivity contribution in [3.05, 3.63) is 33.0 Å². The normalized spacial score (nSPS) is 18.5. The van der Waals surface area contributed by atoms with Crippen LogP contribution >= 0.6 is 43.5 Å². The molecule has 1 aromatic rings. The molecule has 0 heterocycles. The lowest BCUT2D eigenvalue weighted by molar-refractivity contribution is 0.331. The van der Waals surface area contributed by atoms with E-state index in [0.717, 1.165) is 12.3 Å². The molecular weight excluding hydrogens is 394 g/mol. The molecule has 1 aromatic carbocycles. The Hall–Kier alpha value is 0.400. The zero-order valence-corrected chi connectivity index (χ0v) is 14.7. The van der Waals surface area contributed by atoms with Crippen molar-refractivity contribution < 1.29 is 4.39 Å². The average Bonchev–Trinajstić information content (AvgIpc) is 2.41. The molecule has 0 nitrogen and oxygen atoms in total. The average molecular weight is 413 g/mol. The Kier molecular flexibility index (Phi) is 6.16. The Morgan fingerprint density at radius 1 is 1.26 bits per heavy atom. The number of hydrogen-bond acceptors (Lipinski definition) is 0. The summed E-state index contributed by atoms with van der Waals surface area (Å²) in [6.07, 6.45) is 8.91. The van der Waals surface area contributed by atoms with Crippen LogP contribution in [0.15, 0.2) is 16.6 Å². The van der Waals surface area contributed by atoms with Crippen LogP contribution in [0.1, 0.15) is 55.3 Å². The largest absolute Gasteiger partial charge is 0.207 e. The quantitative estimate of drug-likeness (QED) is 0.367. The molecule has 0 N–H and O–H groups in total. The first-order valence-electron chi connectivity index (χ1n) is 6.86. The molecule has 0 aliphatic heterocycles. The van der Waals surface area contributed by atoms with E-state index in [4.69, 9.17) is 11.6 Å². The van der Waals surface area contributed by atoms with Crippen molar-refractivity contribution in [1.29, 1.82) is 0 Å². The van der Waals surface area contributed by atoms with Gasteiger partial charge in [0.25, 0.3) is 0 Å². The fourth-order valence-electron chi connectivity index (χ4n) is 2.79. The summed E-state index contributed by atoms with van der Waals surface area (Å²) in [7, 11) is 0. The van der Waals surface area contributed by atoms with Gasteiger partial charge in [0.05, 0.1) is 5.02 Å². The Morgan fingerprint density at radius 3 is 2.63 bits per heavy atom. The molecule has 19 heavy (non-hydrogen) atoms. The summed E-state index contributed by atoms with van der Waals surface area (Å²) in [6, 6.07) is 3.17. The minimum absolute atomic E-state index is 0.0556. The Labute approximate surface area is 136 Å². The molecule has 0 bridgehead atoms. The zero-order chi connectivity index (χ0) is 13.8. The van der Waals surface area contributed by atoms with Gasteiger partial charge in [0.1, 0.15) is 5.82 Å². The van der Waals surface area contributed by atoms with Gasteiger partial charge in [0.2, 0.25) is 0 Å². The van der Waals surface area contributed by atoms with Crippen LogP contribution in [0.2, 0.25) is 5.02 Å². The van der Waals surface area contributed by atoms with Crippen LogP contribution in [0.25, 0.3) is 0 Å². The molecule has 0 aromatic heterocycles. The molecule has 1 atom stereocenters. The lowest BCUT2D eigenvalue weighted by atomic mass is 9.85. The molecule has 0 spiro atoms. The lowest BCUT2D eigenvalue weighted by Crippen LogP contribution is -2.07. The molecule has 1 aliphatic carbocycles. The molecule has 2 rings (SSSR count). The SMILES string of the molecule is Fc1cc(Br)c(Cl)cc1C(Br)CCC1CCCCC1. The van der Waals surface area contributed by atoms with Gasteiger partial charge in [0.15, 0.2) is 0 Å². The molecule has 0 saturated heterocycles. The molecule has 106 valence electrons. The predicted molar refractivity (Wildman–Crippen MR) is 86.6 cm³/mol. The maximum atomic E-state index is 13.9. The monoisotopic (exact) mass is 410 g/mol. The summed E-state index contributed by atoms with van der Waals surface area (Å²) in [5.41, 5.74) is 0.670. The van der Waals surface area contributed by atoms with Crippen molar-refractivity contribution in [2.75, 3.05) is 0 Å². The number of benzene rings is 1. The highest BCUT2D eigenvalue weighted by Crippen LogP contribution is 2.37. The van der Waals surface area contributed by atoms with E-state index in [-0.39, 0.29) is 10.6 Å². The Balaban J connectivity index is 1.95. The standard InChI is InChI=1S/C15H18Br2ClF/c16-12(7-6-10-4-2-1-3-5-10)11-8-14(18)13(17)9-15(11)19/h8-10,12H,1-7H2. The summed E-state index contributed by atoms with van der Waals surface area (Å²) in [6.45, 7) is 0. The maximum Gasteiger partial charge on any atom is 0.128 e. The number of alkyl halides is 1. The van der Waals surface area contributed by atoms with Crippen LogP contribution in [-0.2, 0) is 0 Å². The van der Waals surface area contributed by atoms with Crippen LogP contribution in [0.4, 0.5) is 4.39 Å². The first-order chi connectivity index (χ1) is 9.08. The van der Waals surface area contributed by atoms with E-state index in [1.807, 2.05) is 0 Å². The van der Waals surface area contributed by atoms with Crippen molar-refractivity contribution in [2.24, 2.45) is 5.92 Å². The predicted octanol–water partition coefficient (Wildman–Crippen LogP) is 7.04. The van der Waals surface area contributed by atoms with Crippen molar-refractivity contribution in [3.63, 3.8) is 0 Å². The van der Waals surface area contributed by atoms with Gasteiger partial charge in [0, 0.05) is 14.9 Å². The van der Waals surface area contributed by atoms with Gasteiger partial charge >= 0.3 is 0 Å². The summed E-state index contributed by atoms with van der Waals surface area (Å²) < 4.78 is 14.5. The zero-order valence-electron chi connectivity index (χ0n) is 10.8. The molecule has 0 amide bonds. The van der Waals surface area contributed by atoms with Crippen molar-refractivity contribution >= 4 is 43.5 Å². The van der Waals surface area contributed by atoms with Gasteiger partial charge in [-0.05, 0) is 46.8 Å². The molecule has 1 aliphatic rings. The van der Waals surface area contributed by atoms with Gasteiger partial charge in [-0.1, -0.05) is 59.6 Å². The second-order valence-corrected chi connectivity index (χ2v) is 7.70. The van der Waals surface area contributed by atoms with Crippen LogP contribution < -0.4 is 0 Å². The molecule has 1 saturated carbocycles. The number of halogens is 4.